The quantitative estimate of drug-likeness (QED) is 0.746. The molecule has 0 radical (unpaired) electrons. The number of anilines is 1. The second kappa shape index (κ2) is 4.55. The molecule has 6 heteroatoms. The number of hydrogen-bond acceptors (Lipinski definition) is 5. The van der Waals surface area contributed by atoms with Gasteiger partial charge in [0, 0.05) is 4.88 Å². The van der Waals surface area contributed by atoms with E-state index >= 15 is 0 Å². The summed E-state index contributed by atoms with van der Waals surface area (Å²) in [5, 5.41) is 19.1. The molecule has 0 saturated heterocycles. The summed E-state index contributed by atoms with van der Waals surface area (Å²) in [5.41, 5.74) is 8.12. The zero-order valence-electron chi connectivity index (χ0n) is 9.79. The number of aromatic amines is 1. The van der Waals surface area contributed by atoms with Crippen LogP contribution in [-0.4, -0.2) is 15.4 Å². The molecule has 0 fully saturated rings. The van der Waals surface area contributed by atoms with Crippen molar-refractivity contribution in [2.24, 2.45) is 0 Å². The number of H-pyrrole nitrogens is 1. The minimum absolute atomic E-state index is 0.397. The van der Waals surface area contributed by atoms with Crippen molar-refractivity contribution in [1.82, 2.24) is 15.4 Å². The molecule has 1 aromatic carbocycles. The molecule has 3 N–H and O–H groups in total. The summed E-state index contributed by atoms with van der Waals surface area (Å²) in [6, 6.07) is 13.6. The van der Waals surface area contributed by atoms with Crippen LogP contribution in [0.2, 0.25) is 0 Å². The molecule has 19 heavy (non-hydrogen) atoms. The summed E-state index contributed by atoms with van der Waals surface area (Å²) in [5.74, 6) is 0.397. The van der Waals surface area contributed by atoms with Crippen molar-refractivity contribution < 1.29 is 0 Å². The lowest BCUT2D eigenvalue weighted by molar-refractivity contribution is 0.946. The largest absolute Gasteiger partial charge is 0.380 e. The average molecular weight is 267 g/mol. The number of rotatable bonds is 2. The lowest BCUT2D eigenvalue weighted by Crippen LogP contribution is -1.86. The standard InChI is InChI=1S/C13H9N5S/c14-7-8-1-3-9(4-2-8)10-5-6-11(19-10)12-13(15)17-18-16-12/h1-6H,(H3,15,16,17,18). The van der Waals surface area contributed by atoms with Gasteiger partial charge in [-0.1, -0.05) is 12.1 Å². The van der Waals surface area contributed by atoms with Gasteiger partial charge in [0.05, 0.1) is 16.5 Å². The van der Waals surface area contributed by atoms with Gasteiger partial charge in [0.25, 0.3) is 0 Å². The van der Waals surface area contributed by atoms with Crippen LogP contribution in [-0.2, 0) is 0 Å². The van der Waals surface area contributed by atoms with Crippen LogP contribution >= 0.6 is 11.3 Å². The van der Waals surface area contributed by atoms with Crippen molar-refractivity contribution in [3.05, 3.63) is 42.0 Å². The van der Waals surface area contributed by atoms with Gasteiger partial charge in [-0.3, -0.25) is 0 Å². The van der Waals surface area contributed by atoms with Crippen LogP contribution in [0.3, 0.4) is 0 Å². The molecule has 0 aliphatic heterocycles. The maximum absolute atomic E-state index is 8.78. The lowest BCUT2D eigenvalue weighted by Gasteiger charge is -1.96. The Kier molecular flexibility index (Phi) is 2.74. The Morgan fingerprint density at radius 1 is 1.05 bits per heavy atom. The second-order valence-corrected chi connectivity index (χ2v) is 4.99. The molecule has 0 spiro atoms. The van der Waals surface area contributed by atoms with E-state index in [0.717, 1.165) is 15.3 Å². The lowest BCUT2D eigenvalue weighted by atomic mass is 10.1. The first kappa shape index (κ1) is 11.4. The molecule has 0 amide bonds. The van der Waals surface area contributed by atoms with E-state index in [2.05, 4.69) is 21.5 Å². The van der Waals surface area contributed by atoms with Crippen LogP contribution in [0, 0.1) is 11.3 Å². The third-order valence-corrected chi connectivity index (χ3v) is 3.85. The van der Waals surface area contributed by atoms with E-state index in [1.54, 1.807) is 23.5 Å². The zero-order valence-corrected chi connectivity index (χ0v) is 10.6. The topological polar surface area (TPSA) is 91.4 Å². The van der Waals surface area contributed by atoms with Gasteiger partial charge in [-0.15, -0.1) is 16.4 Å². The van der Waals surface area contributed by atoms with Crippen molar-refractivity contribution in [3.8, 4) is 27.1 Å². The van der Waals surface area contributed by atoms with Crippen molar-refractivity contribution in [3.63, 3.8) is 0 Å². The molecule has 3 rings (SSSR count). The van der Waals surface area contributed by atoms with Crippen molar-refractivity contribution >= 4 is 17.2 Å². The summed E-state index contributed by atoms with van der Waals surface area (Å²) in [6.07, 6.45) is 0. The van der Waals surface area contributed by atoms with Crippen LogP contribution < -0.4 is 5.73 Å². The Morgan fingerprint density at radius 2 is 1.79 bits per heavy atom. The van der Waals surface area contributed by atoms with E-state index in [1.807, 2.05) is 24.3 Å². The Bertz CT molecular complexity index is 748. The number of nitrogens with zero attached hydrogens (tertiary/aromatic N) is 3. The molecule has 0 unspecified atom stereocenters. The van der Waals surface area contributed by atoms with Crippen molar-refractivity contribution in [2.45, 2.75) is 0 Å². The van der Waals surface area contributed by atoms with E-state index < -0.39 is 0 Å². The van der Waals surface area contributed by atoms with Gasteiger partial charge < -0.3 is 5.73 Å². The van der Waals surface area contributed by atoms with E-state index in [0.29, 0.717) is 17.1 Å². The summed E-state index contributed by atoms with van der Waals surface area (Å²) < 4.78 is 0. The predicted octanol–water partition coefficient (Wildman–Crippen LogP) is 2.65. The SMILES string of the molecule is N#Cc1ccc(-c2ccc(-c3n[nH]nc3N)s2)cc1. The Balaban J connectivity index is 1.97. The molecule has 3 aromatic rings. The molecule has 0 aliphatic rings. The Hall–Kier alpha value is -2.65. The first-order chi connectivity index (χ1) is 9.28. The fourth-order valence-corrected chi connectivity index (χ4v) is 2.76. The van der Waals surface area contributed by atoms with Gasteiger partial charge in [0.1, 0.15) is 5.69 Å². The highest BCUT2D eigenvalue weighted by molar-refractivity contribution is 7.18. The fourth-order valence-electron chi connectivity index (χ4n) is 1.75. The molecule has 0 saturated carbocycles. The Labute approximate surface area is 113 Å². The molecule has 2 heterocycles. The van der Waals surface area contributed by atoms with Crippen molar-refractivity contribution in [2.75, 3.05) is 5.73 Å². The van der Waals surface area contributed by atoms with Crippen LogP contribution in [0.15, 0.2) is 36.4 Å². The number of nitrogens with one attached hydrogen (secondary N) is 1. The Morgan fingerprint density at radius 3 is 2.42 bits per heavy atom. The minimum atomic E-state index is 0.397. The van der Waals surface area contributed by atoms with Crippen LogP contribution in [0.4, 0.5) is 5.82 Å². The van der Waals surface area contributed by atoms with E-state index in [9.17, 15) is 0 Å². The van der Waals surface area contributed by atoms with Crippen LogP contribution in [0.25, 0.3) is 21.0 Å². The fraction of sp³-hybridized carbons (Fsp3) is 0. The number of nitrogens with two attached hydrogens (primary N) is 1. The molecular formula is C13H9N5S. The summed E-state index contributed by atoms with van der Waals surface area (Å²) >= 11 is 1.59. The number of nitrogen functional groups attached to an aromatic ring is 1. The van der Waals surface area contributed by atoms with Gasteiger partial charge in [-0.25, -0.2) is 0 Å². The molecule has 2 aromatic heterocycles. The molecule has 0 aliphatic carbocycles. The number of nitriles is 1. The van der Waals surface area contributed by atoms with Gasteiger partial charge >= 0.3 is 0 Å². The van der Waals surface area contributed by atoms with Gasteiger partial charge in [-0.2, -0.15) is 15.6 Å². The smallest absolute Gasteiger partial charge is 0.174 e. The molecule has 92 valence electrons. The molecule has 5 nitrogen and oxygen atoms in total. The molecule has 0 atom stereocenters. The monoisotopic (exact) mass is 267 g/mol. The van der Waals surface area contributed by atoms with Gasteiger partial charge in [0.15, 0.2) is 5.82 Å². The van der Waals surface area contributed by atoms with E-state index in [1.165, 1.54) is 0 Å². The number of aromatic nitrogens is 3. The summed E-state index contributed by atoms with van der Waals surface area (Å²) in [6.45, 7) is 0. The third-order valence-electron chi connectivity index (χ3n) is 2.71. The first-order valence-electron chi connectivity index (χ1n) is 5.55. The highest BCUT2D eigenvalue weighted by Crippen LogP contribution is 2.35. The minimum Gasteiger partial charge on any atom is -0.380 e. The number of hydrogen-bond donors (Lipinski definition) is 2. The van der Waals surface area contributed by atoms with E-state index in [4.69, 9.17) is 11.0 Å². The maximum Gasteiger partial charge on any atom is 0.174 e. The zero-order chi connectivity index (χ0) is 13.2. The maximum atomic E-state index is 8.78. The molecule has 0 bridgehead atoms. The highest BCUT2D eigenvalue weighted by atomic mass is 32.1. The predicted molar refractivity (Wildman–Crippen MR) is 74.3 cm³/mol. The summed E-state index contributed by atoms with van der Waals surface area (Å²) in [4.78, 5) is 2.06. The van der Waals surface area contributed by atoms with Gasteiger partial charge in [0.2, 0.25) is 0 Å². The number of benzene rings is 1. The third kappa shape index (κ3) is 2.07. The van der Waals surface area contributed by atoms with E-state index in [-0.39, 0.29) is 0 Å². The van der Waals surface area contributed by atoms with Gasteiger partial charge in [-0.05, 0) is 29.8 Å². The van der Waals surface area contributed by atoms with Crippen LogP contribution in [0.5, 0.6) is 0 Å². The average Bonchev–Trinajstić information content (AvgIpc) is 3.07. The van der Waals surface area contributed by atoms with Crippen LogP contribution in [0.1, 0.15) is 5.56 Å². The second-order valence-electron chi connectivity index (χ2n) is 3.91. The molecular weight excluding hydrogens is 258 g/mol. The highest BCUT2D eigenvalue weighted by Gasteiger charge is 2.10. The number of thiophene rings is 1. The van der Waals surface area contributed by atoms with Crippen molar-refractivity contribution in [1.29, 1.82) is 5.26 Å². The first-order valence-corrected chi connectivity index (χ1v) is 6.36. The summed E-state index contributed by atoms with van der Waals surface area (Å²) in [7, 11) is 0. The normalized spacial score (nSPS) is 10.3.